The Morgan fingerprint density at radius 3 is 2.57 bits per heavy atom. The van der Waals surface area contributed by atoms with Crippen molar-refractivity contribution in [2.75, 3.05) is 13.1 Å². The van der Waals surface area contributed by atoms with Crippen LogP contribution in [0.4, 0.5) is 5.69 Å². The molecule has 1 atom stereocenters. The molecule has 0 saturated heterocycles. The highest BCUT2D eigenvalue weighted by Gasteiger charge is 2.14. The molecule has 1 unspecified atom stereocenters. The fraction of sp³-hybridized carbons (Fsp3) is 0.533. The largest absolute Gasteiger partial charge is 0.354 e. The van der Waals surface area contributed by atoms with Gasteiger partial charge in [0.2, 0.25) is 5.91 Å². The molecule has 1 aromatic carbocycles. The fourth-order valence-electron chi connectivity index (χ4n) is 1.87. The molecule has 0 saturated carbocycles. The van der Waals surface area contributed by atoms with Crippen LogP contribution in [0.2, 0.25) is 0 Å². The van der Waals surface area contributed by atoms with Crippen LogP contribution in [0.25, 0.3) is 0 Å². The van der Waals surface area contributed by atoms with Crippen LogP contribution >= 0.6 is 0 Å². The van der Waals surface area contributed by atoms with Gasteiger partial charge in [-0.1, -0.05) is 32.0 Å². The summed E-state index contributed by atoms with van der Waals surface area (Å²) in [5.41, 5.74) is 0.793. The molecule has 6 heteroatoms. The SMILES string of the molecule is CC(C)CNC(=O)C(C)NCCc1ccccc1[N+](=O)[O-]. The summed E-state index contributed by atoms with van der Waals surface area (Å²) in [4.78, 5) is 22.3. The second-order valence-electron chi connectivity index (χ2n) is 5.45. The van der Waals surface area contributed by atoms with Crippen molar-refractivity contribution < 1.29 is 9.72 Å². The number of nitrogens with zero attached hydrogens (tertiary/aromatic N) is 1. The van der Waals surface area contributed by atoms with Gasteiger partial charge in [-0.3, -0.25) is 14.9 Å². The second kappa shape index (κ2) is 8.36. The lowest BCUT2D eigenvalue weighted by Gasteiger charge is -2.15. The molecule has 0 bridgehead atoms. The summed E-state index contributed by atoms with van der Waals surface area (Å²) in [6, 6.07) is 6.35. The number of para-hydroxylation sites is 1. The van der Waals surface area contributed by atoms with Gasteiger partial charge in [0.1, 0.15) is 0 Å². The van der Waals surface area contributed by atoms with Gasteiger partial charge in [-0.25, -0.2) is 0 Å². The Balaban J connectivity index is 2.43. The van der Waals surface area contributed by atoms with E-state index in [2.05, 4.69) is 10.6 Å². The number of hydrogen-bond donors (Lipinski definition) is 2. The third kappa shape index (κ3) is 5.91. The van der Waals surface area contributed by atoms with Crippen LogP contribution in [0.5, 0.6) is 0 Å². The van der Waals surface area contributed by atoms with Gasteiger partial charge in [0.25, 0.3) is 5.69 Å². The average molecular weight is 293 g/mol. The van der Waals surface area contributed by atoms with E-state index in [1.165, 1.54) is 6.07 Å². The van der Waals surface area contributed by atoms with Crippen molar-refractivity contribution in [1.29, 1.82) is 0 Å². The number of benzene rings is 1. The molecule has 1 aromatic rings. The summed E-state index contributed by atoms with van der Waals surface area (Å²) >= 11 is 0. The van der Waals surface area contributed by atoms with Gasteiger partial charge in [-0.2, -0.15) is 0 Å². The third-order valence-corrected chi connectivity index (χ3v) is 3.11. The summed E-state index contributed by atoms with van der Waals surface area (Å²) in [7, 11) is 0. The van der Waals surface area contributed by atoms with Gasteiger partial charge >= 0.3 is 0 Å². The summed E-state index contributed by atoms with van der Waals surface area (Å²) in [6.07, 6.45) is 0.513. The first kappa shape index (κ1) is 17.1. The van der Waals surface area contributed by atoms with Gasteiger partial charge < -0.3 is 10.6 Å². The molecule has 0 aliphatic carbocycles. The minimum atomic E-state index is -0.381. The molecule has 0 radical (unpaired) electrons. The van der Waals surface area contributed by atoms with Gasteiger partial charge in [0, 0.05) is 24.7 Å². The molecular formula is C15H23N3O3. The van der Waals surface area contributed by atoms with E-state index in [1.54, 1.807) is 25.1 Å². The molecule has 0 fully saturated rings. The van der Waals surface area contributed by atoms with Crippen molar-refractivity contribution in [3.8, 4) is 0 Å². The van der Waals surface area contributed by atoms with Crippen molar-refractivity contribution in [2.45, 2.75) is 33.2 Å². The minimum absolute atomic E-state index is 0.0498. The molecule has 21 heavy (non-hydrogen) atoms. The fourth-order valence-corrected chi connectivity index (χ4v) is 1.87. The molecule has 1 rings (SSSR count). The van der Waals surface area contributed by atoms with Gasteiger partial charge in [0.05, 0.1) is 11.0 Å². The number of hydrogen-bond acceptors (Lipinski definition) is 4. The highest BCUT2D eigenvalue weighted by molar-refractivity contribution is 5.81. The maximum Gasteiger partial charge on any atom is 0.272 e. The van der Waals surface area contributed by atoms with Crippen LogP contribution < -0.4 is 10.6 Å². The standard InChI is InChI=1S/C15H23N3O3/c1-11(2)10-17-15(19)12(3)16-9-8-13-6-4-5-7-14(13)18(20)21/h4-7,11-12,16H,8-10H2,1-3H3,(H,17,19). The maximum absolute atomic E-state index is 11.8. The highest BCUT2D eigenvalue weighted by Crippen LogP contribution is 2.17. The van der Waals surface area contributed by atoms with Gasteiger partial charge in [0.15, 0.2) is 0 Å². The van der Waals surface area contributed by atoms with E-state index in [4.69, 9.17) is 0 Å². The van der Waals surface area contributed by atoms with Crippen molar-refractivity contribution in [3.63, 3.8) is 0 Å². The molecule has 1 amide bonds. The van der Waals surface area contributed by atoms with Gasteiger partial charge in [-0.15, -0.1) is 0 Å². The summed E-state index contributed by atoms with van der Waals surface area (Å²) in [5.74, 6) is 0.361. The van der Waals surface area contributed by atoms with Crippen molar-refractivity contribution in [1.82, 2.24) is 10.6 Å². The molecular weight excluding hydrogens is 270 g/mol. The third-order valence-electron chi connectivity index (χ3n) is 3.11. The number of nitro benzene ring substituents is 1. The summed E-state index contributed by atoms with van der Waals surface area (Å²) in [5, 5.41) is 16.8. The van der Waals surface area contributed by atoms with Crippen LogP contribution in [0, 0.1) is 16.0 Å². The van der Waals surface area contributed by atoms with E-state index < -0.39 is 0 Å². The molecule has 0 aliphatic heterocycles. The predicted molar refractivity (Wildman–Crippen MR) is 82.1 cm³/mol. The van der Waals surface area contributed by atoms with Gasteiger partial charge in [-0.05, 0) is 19.3 Å². The zero-order valence-electron chi connectivity index (χ0n) is 12.8. The highest BCUT2D eigenvalue weighted by atomic mass is 16.6. The van der Waals surface area contributed by atoms with E-state index in [1.807, 2.05) is 13.8 Å². The van der Waals surface area contributed by atoms with E-state index in [9.17, 15) is 14.9 Å². The van der Waals surface area contributed by atoms with E-state index in [0.717, 1.165) is 0 Å². The lowest BCUT2D eigenvalue weighted by Crippen LogP contribution is -2.43. The lowest BCUT2D eigenvalue weighted by atomic mass is 10.1. The minimum Gasteiger partial charge on any atom is -0.354 e. The predicted octanol–water partition coefficient (Wildman–Crippen LogP) is 1.89. The number of rotatable bonds is 8. The maximum atomic E-state index is 11.8. The molecule has 6 nitrogen and oxygen atoms in total. The van der Waals surface area contributed by atoms with Crippen LogP contribution in [0.15, 0.2) is 24.3 Å². The number of carbonyl (C=O) groups is 1. The van der Waals surface area contributed by atoms with Crippen LogP contribution in [0.3, 0.4) is 0 Å². The Labute approximate surface area is 125 Å². The first-order valence-electron chi connectivity index (χ1n) is 7.15. The molecule has 0 spiro atoms. The van der Waals surface area contributed by atoms with Crippen molar-refractivity contribution in [2.24, 2.45) is 5.92 Å². The zero-order valence-corrected chi connectivity index (χ0v) is 12.8. The van der Waals surface area contributed by atoms with Crippen molar-refractivity contribution in [3.05, 3.63) is 39.9 Å². The Bertz CT molecular complexity index is 489. The Hall–Kier alpha value is -1.95. The molecule has 0 aromatic heterocycles. The quantitative estimate of drug-likeness (QED) is 0.566. The van der Waals surface area contributed by atoms with Crippen molar-refractivity contribution >= 4 is 11.6 Å². The number of amides is 1. The molecule has 0 aliphatic rings. The second-order valence-corrected chi connectivity index (χ2v) is 5.45. The van der Waals surface area contributed by atoms with E-state index in [0.29, 0.717) is 31.0 Å². The molecule has 116 valence electrons. The monoisotopic (exact) mass is 293 g/mol. The van der Waals surface area contributed by atoms with Crippen LogP contribution in [-0.2, 0) is 11.2 Å². The lowest BCUT2D eigenvalue weighted by molar-refractivity contribution is -0.385. The molecule has 2 N–H and O–H groups in total. The van der Waals surface area contributed by atoms with Crippen LogP contribution in [-0.4, -0.2) is 30.0 Å². The first-order valence-corrected chi connectivity index (χ1v) is 7.15. The number of nitro groups is 1. The number of carbonyl (C=O) groups excluding carboxylic acids is 1. The first-order chi connectivity index (χ1) is 9.91. The van der Waals surface area contributed by atoms with E-state index in [-0.39, 0.29) is 22.6 Å². The normalized spacial score (nSPS) is 12.2. The number of nitrogens with one attached hydrogen (secondary N) is 2. The van der Waals surface area contributed by atoms with Crippen LogP contribution in [0.1, 0.15) is 26.3 Å². The Kier molecular flexibility index (Phi) is 6.81. The van der Waals surface area contributed by atoms with E-state index >= 15 is 0 Å². The summed E-state index contributed by atoms with van der Waals surface area (Å²) in [6.45, 7) is 7.02. The summed E-state index contributed by atoms with van der Waals surface area (Å²) < 4.78 is 0. The molecule has 0 heterocycles. The Morgan fingerprint density at radius 1 is 1.29 bits per heavy atom. The smallest absolute Gasteiger partial charge is 0.272 e. The zero-order chi connectivity index (χ0) is 15.8. The average Bonchev–Trinajstić information content (AvgIpc) is 2.44. The Morgan fingerprint density at radius 2 is 1.95 bits per heavy atom. The topological polar surface area (TPSA) is 84.3 Å².